The van der Waals surface area contributed by atoms with Crippen molar-refractivity contribution < 1.29 is 4.79 Å². The standard InChI is InChI=1S/C25H22N6O/c1-18-16-19(10-11-27-18)2-7-22-17-28-24-9-8-23(29-31(22)24)20-3-5-21(6-4-20)25(32)30-14-12-26-13-15-30/h3-6,8-11,16-17,26H,12-15H2,1H3. The number of rotatable bonds is 2. The van der Waals surface area contributed by atoms with Crippen LogP contribution in [0.25, 0.3) is 16.9 Å². The summed E-state index contributed by atoms with van der Waals surface area (Å²) in [5.74, 6) is 6.38. The molecule has 7 heteroatoms. The van der Waals surface area contributed by atoms with Gasteiger partial charge in [-0.1, -0.05) is 18.1 Å². The summed E-state index contributed by atoms with van der Waals surface area (Å²) >= 11 is 0. The van der Waals surface area contributed by atoms with Crippen LogP contribution in [0.4, 0.5) is 0 Å². The lowest BCUT2D eigenvalue weighted by Crippen LogP contribution is -2.46. The lowest BCUT2D eigenvalue weighted by molar-refractivity contribution is 0.0736. The Balaban J connectivity index is 1.41. The van der Waals surface area contributed by atoms with Crippen molar-refractivity contribution in [2.45, 2.75) is 6.92 Å². The Labute approximate surface area is 186 Å². The first kappa shape index (κ1) is 19.9. The number of nitrogens with zero attached hydrogens (tertiary/aromatic N) is 5. The molecule has 32 heavy (non-hydrogen) atoms. The zero-order valence-corrected chi connectivity index (χ0v) is 17.7. The molecule has 1 aliphatic heterocycles. The molecule has 0 spiro atoms. The fourth-order valence-corrected chi connectivity index (χ4v) is 3.71. The van der Waals surface area contributed by atoms with E-state index in [-0.39, 0.29) is 5.91 Å². The van der Waals surface area contributed by atoms with Gasteiger partial charge in [0.1, 0.15) is 5.69 Å². The molecule has 4 aromatic rings. The van der Waals surface area contributed by atoms with E-state index in [1.807, 2.05) is 60.4 Å². The maximum absolute atomic E-state index is 12.7. The number of pyridine rings is 1. The van der Waals surface area contributed by atoms with Crippen LogP contribution in [0.5, 0.6) is 0 Å². The molecule has 1 aromatic carbocycles. The van der Waals surface area contributed by atoms with Gasteiger partial charge >= 0.3 is 0 Å². The molecule has 7 nitrogen and oxygen atoms in total. The highest BCUT2D eigenvalue weighted by molar-refractivity contribution is 5.94. The van der Waals surface area contributed by atoms with Gasteiger partial charge in [0.25, 0.3) is 5.91 Å². The van der Waals surface area contributed by atoms with Crippen LogP contribution >= 0.6 is 0 Å². The van der Waals surface area contributed by atoms with Crippen molar-refractivity contribution in [2.75, 3.05) is 26.2 Å². The van der Waals surface area contributed by atoms with Crippen molar-refractivity contribution in [3.05, 3.63) is 83.4 Å². The predicted octanol–water partition coefficient (Wildman–Crippen LogP) is 2.54. The normalized spacial score (nSPS) is 13.6. The number of aromatic nitrogens is 4. The van der Waals surface area contributed by atoms with Crippen LogP contribution in [-0.2, 0) is 0 Å². The number of nitrogens with one attached hydrogen (secondary N) is 1. The molecule has 1 aliphatic rings. The molecule has 1 fully saturated rings. The van der Waals surface area contributed by atoms with Crippen molar-refractivity contribution in [3.63, 3.8) is 0 Å². The second-order valence-corrected chi connectivity index (χ2v) is 7.69. The summed E-state index contributed by atoms with van der Waals surface area (Å²) in [5, 5.41) is 8.00. The third-order valence-electron chi connectivity index (χ3n) is 5.43. The first-order chi connectivity index (χ1) is 15.7. The Morgan fingerprint density at radius 2 is 1.81 bits per heavy atom. The Morgan fingerprint density at radius 1 is 1.00 bits per heavy atom. The second-order valence-electron chi connectivity index (χ2n) is 7.69. The van der Waals surface area contributed by atoms with Crippen molar-refractivity contribution in [3.8, 4) is 23.1 Å². The number of hydrogen-bond acceptors (Lipinski definition) is 5. The molecule has 3 aromatic heterocycles. The van der Waals surface area contributed by atoms with E-state index in [2.05, 4.69) is 27.1 Å². The van der Waals surface area contributed by atoms with Gasteiger partial charge in [-0.25, -0.2) is 9.50 Å². The summed E-state index contributed by atoms with van der Waals surface area (Å²) in [4.78, 5) is 23.2. The average Bonchev–Trinajstić information content (AvgIpc) is 3.25. The molecule has 0 aliphatic carbocycles. The summed E-state index contributed by atoms with van der Waals surface area (Å²) in [5.41, 5.74) is 5.68. The Bertz CT molecular complexity index is 1340. The number of carbonyl (C=O) groups is 1. The highest BCUT2D eigenvalue weighted by Gasteiger charge is 2.18. The van der Waals surface area contributed by atoms with Crippen LogP contribution < -0.4 is 5.32 Å². The highest BCUT2D eigenvalue weighted by atomic mass is 16.2. The third-order valence-corrected chi connectivity index (χ3v) is 5.43. The molecule has 1 saturated heterocycles. The molecule has 0 radical (unpaired) electrons. The van der Waals surface area contributed by atoms with Crippen molar-refractivity contribution in [2.24, 2.45) is 0 Å². The van der Waals surface area contributed by atoms with E-state index in [1.165, 1.54) is 0 Å². The van der Waals surface area contributed by atoms with Crippen LogP contribution in [0.2, 0.25) is 0 Å². The largest absolute Gasteiger partial charge is 0.336 e. The number of hydrogen-bond donors (Lipinski definition) is 1. The minimum Gasteiger partial charge on any atom is -0.336 e. The molecule has 1 amide bonds. The van der Waals surface area contributed by atoms with Crippen molar-refractivity contribution in [1.29, 1.82) is 0 Å². The SMILES string of the molecule is Cc1cc(C#Cc2cnc3ccc(-c4ccc(C(=O)N5CCNCC5)cc4)nn23)ccn1. The lowest BCUT2D eigenvalue weighted by Gasteiger charge is -2.27. The van der Waals surface area contributed by atoms with Gasteiger partial charge in [-0.2, -0.15) is 5.10 Å². The average molecular weight is 422 g/mol. The van der Waals surface area contributed by atoms with Gasteiger partial charge in [0.2, 0.25) is 0 Å². The van der Waals surface area contributed by atoms with Gasteiger partial charge < -0.3 is 10.2 Å². The molecule has 158 valence electrons. The van der Waals surface area contributed by atoms with E-state index >= 15 is 0 Å². The molecule has 0 unspecified atom stereocenters. The first-order valence-electron chi connectivity index (χ1n) is 10.6. The molecular formula is C25H22N6O. The van der Waals surface area contributed by atoms with Gasteiger partial charge in [-0.3, -0.25) is 9.78 Å². The number of benzene rings is 1. The molecule has 0 saturated carbocycles. The molecule has 0 bridgehead atoms. The van der Waals surface area contributed by atoms with E-state index in [4.69, 9.17) is 5.10 Å². The number of aryl methyl sites for hydroxylation is 1. The number of fused-ring (bicyclic) bond motifs is 1. The Morgan fingerprint density at radius 3 is 2.59 bits per heavy atom. The maximum atomic E-state index is 12.7. The lowest BCUT2D eigenvalue weighted by atomic mass is 10.1. The summed E-state index contributed by atoms with van der Waals surface area (Å²) in [6.45, 7) is 5.09. The predicted molar refractivity (Wildman–Crippen MR) is 122 cm³/mol. The van der Waals surface area contributed by atoms with E-state index in [0.29, 0.717) is 11.3 Å². The molecule has 1 N–H and O–H groups in total. The third kappa shape index (κ3) is 4.09. The fourth-order valence-electron chi connectivity index (χ4n) is 3.71. The topological polar surface area (TPSA) is 75.4 Å². The Hall–Kier alpha value is -4.02. The molecule has 5 rings (SSSR count). The molecular weight excluding hydrogens is 400 g/mol. The van der Waals surface area contributed by atoms with E-state index < -0.39 is 0 Å². The number of piperazine rings is 1. The second kappa shape index (κ2) is 8.61. The van der Waals surface area contributed by atoms with Gasteiger partial charge in [-0.15, -0.1) is 0 Å². The van der Waals surface area contributed by atoms with Gasteiger partial charge in [0, 0.05) is 54.8 Å². The zero-order valence-electron chi connectivity index (χ0n) is 17.7. The van der Waals surface area contributed by atoms with Gasteiger partial charge in [-0.05, 0) is 49.2 Å². The number of carbonyl (C=O) groups excluding carboxylic acids is 1. The maximum Gasteiger partial charge on any atom is 0.253 e. The smallest absolute Gasteiger partial charge is 0.253 e. The van der Waals surface area contributed by atoms with E-state index in [1.54, 1.807) is 16.9 Å². The fraction of sp³-hybridized carbons (Fsp3) is 0.200. The van der Waals surface area contributed by atoms with Crippen LogP contribution in [0, 0.1) is 18.8 Å². The van der Waals surface area contributed by atoms with Crippen LogP contribution in [0.3, 0.4) is 0 Å². The van der Waals surface area contributed by atoms with E-state index in [9.17, 15) is 4.79 Å². The van der Waals surface area contributed by atoms with Crippen molar-refractivity contribution >= 4 is 11.6 Å². The van der Waals surface area contributed by atoms with E-state index in [0.717, 1.165) is 54.3 Å². The minimum atomic E-state index is 0.0694. The van der Waals surface area contributed by atoms with Crippen LogP contribution in [0.1, 0.15) is 27.3 Å². The summed E-state index contributed by atoms with van der Waals surface area (Å²) < 4.78 is 1.75. The molecule has 0 atom stereocenters. The van der Waals surface area contributed by atoms with Crippen LogP contribution in [0.15, 0.2) is 60.9 Å². The van der Waals surface area contributed by atoms with Gasteiger partial charge in [0.05, 0.1) is 11.9 Å². The highest BCUT2D eigenvalue weighted by Crippen LogP contribution is 2.19. The van der Waals surface area contributed by atoms with Gasteiger partial charge in [0.15, 0.2) is 5.65 Å². The zero-order chi connectivity index (χ0) is 21.9. The Kier molecular flexibility index (Phi) is 5.36. The van der Waals surface area contributed by atoms with Crippen molar-refractivity contribution in [1.82, 2.24) is 29.8 Å². The number of imidazole rings is 1. The summed E-state index contributed by atoms with van der Waals surface area (Å²) in [6, 6.07) is 15.3. The summed E-state index contributed by atoms with van der Waals surface area (Å²) in [6.07, 6.45) is 3.48. The monoisotopic (exact) mass is 422 g/mol. The quantitative estimate of drug-likeness (QED) is 0.503. The minimum absolute atomic E-state index is 0.0694. The molecule has 4 heterocycles. The summed E-state index contributed by atoms with van der Waals surface area (Å²) in [7, 11) is 0. The number of amides is 1. The first-order valence-corrected chi connectivity index (χ1v) is 10.6. The van der Waals surface area contributed by atoms with Crippen LogP contribution in [-0.4, -0.2) is 56.6 Å².